The average molecular weight is 449 g/mol. The summed E-state index contributed by atoms with van der Waals surface area (Å²) in [7, 11) is -4.00. The number of nitrogens with one attached hydrogen (secondary N) is 1. The number of sulfonamides is 1. The van der Waals surface area contributed by atoms with Gasteiger partial charge in [0.25, 0.3) is 10.0 Å². The zero-order chi connectivity index (χ0) is 22.6. The van der Waals surface area contributed by atoms with E-state index in [1.807, 2.05) is 18.3 Å². The van der Waals surface area contributed by atoms with Crippen LogP contribution in [0.25, 0.3) is 10.9 Å². The highest BCUT2D eigenvalue weighted by Gasteiger charge is 2.18. The number of ether oxygens (including phenoxy) is 1. The van der Waals surface area contributed by atoms with E-state index in [2.05, 4.69) is 23.1 Å². The van der Waals surface area contributed by atoms with E-state index in [1.165, 1.54) is 12.1 Å². The van der Waals surface area contributed by atoms with E-state index in [4.69, 9.17) is 9.84 Å². The van der Waals surface area contributed by atoms with Gasteiger partial charge in [-0.1, -0.05) is 13.8 Å². The lowest BCUT2D eigenvalue weighted by atomic mass is 10.2. The molecule has 0 bridgehead atoms. The van der Waals surface area contributed by atoms with Gasteiger partial charge in [-0.2, -0.15) is 0 Å². The number of halogens is 1. The van der Waals surface area contributed by atoms with E-state index in [9.17, 15) is 17.6 Å². The van der Waals surface area contributed by atoms with Crippen LogP contribution in [0.2, 0.25) is 0 Å². The van der Waals surface area contributed by atoms with E-state index in [0.717, 1.165) is 23.5 Å². The second kappa shape index (κ2) is 9.38. The molecule has 0 atom stereocenters. The van der Waals surface area contributed by atoms with Crippen LogP contribution in [0.5, 0.6) is 5.75 Å². The first kappa shape index (κ1) is 22.6. The number of nitrogens with zero attached hydrogens (tertiary/aromatic N) is 1. The van der Waals surface area contributed by atoms with Crippen molar-refractivity contribution in [3.05, 3.63) is 54.5 Å². The summed E-state index contributed by atoms with van der Waals surface area (Å²) in [5, 5.41) is 9.50. The molecule has 0 saturated heterocycles. The number of hydrogen-bond donors (Lipinski definition) is 2. The predicted octanol–water partition coefficient (Wildman–Crippen LogP) is 4.48. The van der Waals surface area contributed by atoms with Crippen LogP contribution < -0.4 is 9.46 Å². The van der Waals surface area contributed by atoms with Crippen LogP contribution in [0.1, 0.15) is 26.7 Å². The highest BCUT2D eigenvalue weighted by molar-refractivity contribution is 7.92. The molecular formula is C22H25FN2O5S. The van der Waals surface area contributed by atoms with Crippen LogP contribution in [-0.4, -0.2) is 30.7 Å². The first-order valence-electron chi connectivity index (χ1n) is 9.91. The first-order valence-corrected chi connectivity index (χ1v) is 11.4. The lowest BCUT2D eigenvalue weighted by molar-refractivity contribution is -0.137. The molecule has 1 heterocycles. The Kier molecular flexibility index (Phi) is 6.84. The molecule has 3 aromatic rings. The second-order valence-corrected chi connectivity index (χ2v) is 9.36. The Labute approximate surface area is 180 Å². The zero-order valence-electron chi connectivity index (χ0n) is 17.3. The number of benzene rings is 2. The van der Waals surface area contributed by atoms with Gasteiger partial charge in [0, 0.05) is 35.8 Å². The summed E-state index contributed by atoms with van der Waals surface area (Å²) in [6.45, 7) is 5.13. The van der Waals surface area contributed by atoms with Crippen molar-refractivity contribution in [2.45, 2.75) is 38.1 Å². The lowest BCUT2D eigenvalue weighted by Gasteiger charge is -2.12. The van der Waals surface area contributed by atoms with Crippen molar-refractivity contribution in [1.29, 1.82) is 0 Å². The number of carboxylic acids is 1. The van der Waals surface area contributed by atoms with Crippen LogP contribution in [0.3, 0.4) is 0 Å². The Morgan fingerprint density at radius 3 is 2.65 bits per heavy atom. The topological polar surface area (TPSA) is 97.6 Å². The summed E-state index contributed by atoms with van der Waals surface area (Å²) in [5.74, 6) is -1.45. The summed E-state index contributed by atoms with van der Waals surface area (Å²) in [6, 6.07) is 10.5. The van der Waals surface area contributed by atoms with Gasteiger partial charge in [0.2, 0.25) is 0 Å². The molecule has 0 spiro atoms. The molecule has 9 heteroatoms. The number of carbonyl (C=O) groups is 1. The molecule has 3 rings (SSSR count). The van der Waals surface area contributed by atoms with Gasteiger partial charge in [0.1, 0.15) is 0 Å². The maximum atomic E-state index is 14.3. The molecule has 166 valence electrons. The molecule has 1 aromatic heterocycles. The van der Waals surface area contributed by atoms with E-state index in [-0.39, 0.29) is 30.1 Å². The fraction of sp³-hybridized carbons (Fsp3) is 0.318. The maximum absolute atomic E-state index is 14.3. The molecule has 0 fully saturated rings. The molecule has 2 N–H and O–H groups in total. The van der Waals surface area contributed by atoms with Gasteiger partial charge in [-0.15, -0.1) is 0 Å². The van der Waals surface area contributed by atoms with E-state index >= 15 is 0 Å². The molecular weight excluding hydrogens is 423 g/mol. The van der Waals surface area contributed by atoms with Gasteiger partial charge in [-0.3, -0.25) is 9.52 Å². The molecule has 0 aliphatic heterocycles. The highest BCUT2D eigenvalue weighted by atomic mass is 32.2. The summed E-state index contributed by atoms with van der Waals surface area (Å²) in [6.07, 6.45) is 2.09. The standard InChI is InChI=1S/C22H25FN2O5S/c1-15(2)14-25-10-9-16-12-17(5-7-20(16)25)24-31(28,29)18-6-8-21(19(23)13-18)30-11-3-4-22(26)27/h5-10,12-13,15,24H,3-4,11,14H2,1-2H3,(H,26,27). The third kappa shape index (κ3) is 5.75. The minimum absolute atomic E-state index is 0.0179. The van der Waals surface area contributed by atoms with Gasteiger partial charge in [0.05, 0.1) is 11.5 Å². The Morgan fingerprint density at radius 1 is 1.19 bits per heavy atom. The maximum Gasteiger partial charge on any atom is 0.303 e. The molecule has 0 radical (unpaired) electrons. The van der Waals surface area contributed by atoms with Gasteiger partial charge in [-0.05, 0) is 54.8 Å². The molecule has 0 saturated carbocycles. The Morgan fingerprint density at radius 2 is 1.97 bits per heavy atom. The van der Waals surface area contributed by atoms with Crippen molar-refractivity contribution in [2.75, 3.05) is 11.3 Å². The van der Waals surface area contributed by atoms with Crippen LogP contribution in [0.15, 0.2) is 53.6 Å². The number of hydrogen-bond acceptors (Lipinski definition) is 4. The fourth-order valence-electron chi connectivity index (χ4n) is 3.20. The molecule has 7 nitrogen and oxygen atoms in total. The summed E-state index contributed by atoms with van der Waals surface area (Å²) >= 11 is 0. The van der Waals surface area contributed by atoms with E-state index < -0.39 is 21.8 Å². The van der Waals surface area contributed by atoms with Crippen molar-refractivity contribution < 1.29 is 27.4 Å². The van der Waals surface area contributed by atoms with Crippen LogP contribution in [0, 0.1) is 11.7 Å². The van der Waals surface area contributed by atoms with Crippen LogP contribution in [-0.2, 0) is 21.4 Å². The van der Waals surface area contributed by atoms with Crippen molar-refractivity contribution >= 4 is 32.6 Å². The predicted molar refractivity (Wildman–Crippen MR) is 116 cm³/mol. The van der Waals surface area contributed by atoms with Crippen LogP contribution in [0.4, 0.5) is 10.1 Å². The highest BCUT2D eigenvalue weighted by Crippen LogP contribution is 2.26. The fourth-order valence-corrected chi connectivity index (χ4v) is 4.26. The van der Waals surface area contributed by atoms with Gasteiger partial charge in [0.15, 0.2) is 11.6 Å². The van der Waals surface area contributed by atoms with Crippen molar-refractivity contribution in [1.82, 2.24) is 4.57 Å². The third-order valence-electron chi connectivity index (χ3n) is 4.59. The lowest BCUT2D eigenvalue weighted by Crippen LogP contribution is -2.13. The molecule has 0 amide bonds. The molecule has 0 aliphatic rings. The first-order chi connectivity index (χ1) is 14.7. The van der Waals surface area contributed by atoms with Crippen LogP contribution >= 0.6 is 0 Å². The minimum Gasteiger partial charge on any atom is -0.491 e. The number of rotatable bonds is 10. The van der Waals surface area contributed by atoms with Gasteiger partial charge in [-0.25, -0.2) is 12.8 Å². The number of aromatic nitrogens is 1. The monoisotopic (exact) mass is 448 g/mol. The van der Waals surface area contributed by atoms with Gasteiger partial charge < -0.3 is 14.4 Å². The number of anilines is 1. The summed E-state index contributed by atoms with van der Waals surface area (Å²) < 4.78 is 49.5. The zero-order valence-corrected chi connectivity index (χ0v) is 18.2. The second-order valence-electron chi connectivity index (χ2n) is 7.68. The molecule has 0 unspecified atom stereocenters. The Hall–Kier alpha value is -3.07. The quantitative estimate of drug-likeness (QED) is 0.446. The minimum atomic E-state index is -4.00. The molecule has 31 heavy (non-hydrogen) atoms. The van der Waals surface area contributed by atoms with Gasteiger partial charge >= 0.3 is 5.97 Å². The van der Waals surface area contributed by atoms with Crippen molar-refractivity contribution in [2.24, 2.45) is 5.92 Å². The Bertz CT molecular complexity index is 1190. The number of fused-ring (bicyclic) bond motifs is 1. The summed E-state index contributed by atoms with van der Waals surface area (Å²) in [5.41, 5.74) is 1.39. The van der Waals surface area contributed by atoms with E-state index in [1.54, 1.807) is 12.1 Å². The smallest absolute Gasteiger partial charge is 0.303 e. The SMILES string of the molecule is CC(C)Cn1ccc2cc(NS(=O)(=O)c3ccc(OCCCC(=O)O)c(F)c3)ccc21. The third-order valence-corrected chi connectivity index (χ3v) is 5.97. The number of carboxylic acid groups (broad SMARTS) is 1. The normalized spacial score (nSPS) is 11.7. The van der Waals surface area contributed by atoms with E-state index in [0.29, 0.717) is 11.6 Å². The Balaban J connectivity index is 1.73. The molecule has 2 aromatic carbocycles. The summed E-state index contributed by atoms with van der Waals surface area (Å²) in [4.78, 5) is 10.3. The van der Waals surface area contributed by atoms with Crippen molar-refractivity contribution in [3.8, 4) is 5.75 Å². The number of aliphatic carboxylic acids is 1. The van der Waals surface area contributed by atoms with Crippen molar-refractivity contribution in [3.63, 3.8) is 0 Å². The average Bonchev–Trinajstić information content (AvgIpc) is 3.07. The molecule has 0 aliphatic carbocycles. The largest absolute Gasteiger partial charge is 0.491 e.